The molecule has 1 aliphatic heterocycles. The van der Waals surface area contributed by atoms with E-state index in [1.807, 2.05) is 5.32 Å². The summed E-state index contributed by atoms with van der Waals surface area (Å²) in [5.41, 5.74) is -0.987. The smallest absolute Gasteiger partial charge is 0.378 e. The predicted molar refractivity (Wildman–Crippen MR) is 115 cm³/mol. The minimum absolute atomic E-state index is 0.00331. The van der Waals surface area contributed by atoms with Gasteiger partial charge in [-0.25, -0.2) is 0 Å². The van der Waals surface area contributed by atoms with Crippen molar-refractivity contribution in [2.24, 2.45) is 5.41 Å². The fourth-order valence-electron chi connectivity index (χ4n) is 4.03. The van der Waals surface area contributed by atoms with E-state index in [0.717, 1.165) is 0 Å². The molecule has 2 unspecified atom stereocenters. The molecular formula is C22H34F8N2O5. The SMILES string of the molecule is CC1(C)OCC(COCC(CCCNC(=O)C(F)F)(CCCNC(=O)C(F)(F)F)CCCC(F)(F)F)O1. The molecule has 1 rings (SSSR count). The van der Waals surface area contributed by atoms with E-state index in [1.165, 1.54) is 0 Å². The lowest BCUT2D eigenvalue weighted by Crippen LogP contribution is -2.38. The predicted octanol–water partition coefficient (Wildman–Crippen LogP) is 4.49. The Labute approximate surface area is 209 Å². The molecule has 1 aliphatic rings. The molecule has 1 heterocycles. The van der Waals surface area contributed by atoms with Gasteiger partial charge in [-0.3, -0.25) is 9.59 Å². The number of hydrogen-bond donors (Lipinski definition) is 2. The van der Waals surface area contributed by atoms with Crippen molar-refractivity contribution in [3.05, 3.63) is 0 Å². The van der Waals surface area contributed by atoms with Crippen LogP contribution in [0.2, 0.25) is 0 Å². The molecule has 15 heteroatoms. The molecule has 1 saturated heterocycles. The summed E-state index contributed by atoms with van der Waals surface area (Å²) < 4.78 is 117. The van der Waals surface area contributed by atoms with Crippen molar-refractivity contribution in [3.8, 4) is 0 Å². The molecule has 0 aromatic rings. The van der Waals surface area contributed by atoms with Gasteiger partial charge in [0.1, 0.15) is 6.10 Å². The molecule has 0 bridgehead atoms. The first-order valence-electron chi connectivity index (χ1n) is 11.8. The van der Waals surface area contributed by atoms with Gasteiger partial charge in [-0.2, -0.15) is 35.1 Å². The van der Waals surface area contributed by atoms with Crippen LogP contribution in [0.4, 0.5) is 35.1 Å². The molecule has 1 fully saturated rings. The van der Waals surface area contributed by atoms with Gasteiger partial charge in [0.25, 0.3) is 5.91 Å². The summed E-state index contributed by atoms with van der Waals surface area (Å²) in [7, 11) is 0. The van der Waals surface area contributed by atoms with Gasteiger partial charge in [0.2, 0.25) is 0 Å². The number of rotatable bonds is 16. The Balaban J connectivity index is 2.86. The van der Waals surface area contributed by atoms with E-state index in [9.17, 15) is 44.7 Å². The van der Waals surface area contributed by atoms with E-state index < -0.39 is 54.3 Å². The van der Waals surface area contributed by atoms with E-state index in [0.29, 0.717) is 0 Å². The number of carbonyl (C=O) groups is 2. The standard InChI is InChI=1S/C22H34F8N2O5/c1-19(2)36-13-15(37-19)12-35-14-20(6-3-9-21(25,26)27,7-4-10-31-17(33)16(23)24)8-5-11-32-18(34)22(28,29)30/h15-16H,3-14H2,1-2H3,(H,31,33)(H,32,34). The van der Waals surface area contributed by atoms with Crippen LogP contribution in [-0.2, 0) is 23.8 Å². The number of amides is 2. The lowest BCUT2D eigenvalue weighted by molar-refractivity contribution is -0.173. The lowest BCUT2D eigenvalue weighted by atomic mass is 9.75. The fraction of sp³-hybridized carbons (Fsp3) is 0.909. The summed E-state index contributed by atoms with van der Waals surface area (Å²) in [6.07, 6.45) is -14.3. The van der Waals surface area contributed by atoms with Gasteiger partial charge in [0.05, 0.1) is 19.8 Å². The maximum Gasteiger partial charge on any atom is 0.471 e. The third-order valence-electron chi connectivity index (χ3n) is 5.75. The van der Waals surface area contributed by atoms with Crippen LogP contribution >= 0.6 is 0 Å². The second-order valence-electron chi connectivity index (χ2n) is 9.49. The van der Waals surface area contributed by atoms with Crippen molar-refractivity contribution in [1.29, 1.82) is 0 Å². The highest BCUT2D eigenvalue weighted by molar-refractivity contribution is 5.81. The molecule has 2 atom stereocenters. The van der Waals surface area contributed by atoms with Gasteiger partial charge < -0.3 is 24.8 Å². The Bertz CT molecular complexity index is 718. The van der Waals surface area contributed by atoms with Crippen molar-refractivity contribution in [2.75, 3.05) is 32.9 Å². The summed E-state index contributed by atoms with van der Waals surface area (Å²) in [6, 6.07) is 0. The van der Waals surface area contributed by atoms with Gasteiger partial charge in [-0.1, -0.05) is 0 Å². The first-order chi connectivity index (χ1) is 16.9. The molecule has 0 radical (unpaired) electrons. The molecular weight excluding hydrogens is 524 g/mol. The first kappa shape index (κ1) is 33.3. The van der Waals surface area contributed by atoms with Crippen molar-refractivity contribution >= 4 is 11.8 Å². The zero-order valence-electron chi connectivity index (χ0n) is 20.7. The Hall–Kier alpha value is -1.74. The quantitative estimate of drug-likeness (QED) is 0.215. The molecule has 218 valence electrons. The Kier molecular flexibility index (Phi) is 13.0. The van der Waals surface area contributed by atoms with Gasteiger partial charge >= 0.3 is 24.7 Å². The third kappa shape index (κ3) is 14.1. The minimum Gasteiger partial charge on any atom is -0.378 e. The van der Waals surface area contributed by atoms with Crippen LogP contribution in [0.25, 0.3) is 0 Å². The molecule has 2 N–H and O–H groups in total. The Morgan fingerprint density at radius 3 is 2.00 bits per heavy atom. The molecule has 0 aromatic heterocycles. The van der Waals surface area contributed by atoms with E-state index in [2.05, 4.69) is 0 Å². The summed E-state index contributed by atoms with van der Waals surface area (Å²) in [5.74, 6) is -4.46. The first-order valence-corrected chi connectivity index (χ1v) is 11.8. The van der Waals surface area contributed by atoms with Gasteiger partial charge in [-0.15, -0.1) is 0 Å². The highest BCUT2D eigenvalue weighted by atomic mass is 19.4. The van der Waals surface area contributed by atoms with Crippen LogP contribution in [0.5, 0.6) is 0 Å². The highest BCUT2D eigenvalue weighted by Gasteiger charge is 2.39. The number of carbonyl (C=O) groups excluding carboxylic acids is 2. The van der Waals surface area contributed by atoms with Gasteiger partial charge in [0, 0.05) is 19.5 Å². The van der Waals surface area contributed by atoms with Gasteiger partial charge in [-0.05, 0) is 57.8 Å². The average Bonchev–Trinajstić information content (AvgIpc) is 3.10. The molecule has 0 aliphatic carbocycles. The maximum absolute atomic E-state index is 12.8. The van der Waals surface area contributed by atoms with Crippen LogP contribution in [-0.4, -0.2) is 75.4 Å². The largest absolute Gasteiger partial charge is 0.471 e. The summed E-state index contributed by atoms with van der Waals surface area (Å²) in [5, 5.41) is 3.73. The number of ether oxygens (including phenoxy) is 3. The average molecular weight is 559 g/mol. The van der Waals surface area contributed by atoms with Crippen LogP contribution in [0.15, 0.2) is 0 Å². The summed E-state index contributed by atoms with van der Waals surface area (Å²) in [4.78, 5) is 22.2. The third-order valence-corrected chi connectivity index (χ3v) is 5.75. The van der Waals surface area contributed by atoms with Crippen molar-refractivity contribution < 1.29 is 58.9 Å². The molecule has 37 heavy (non-hydrogen) atoms. The number of hydrogen-bond acceptors (Lipinski definition) is 5. The molecule has 0 saturated carbocycles. The zero-order chi connectivity index (χ0) is 28.3. The summed E-state index contributed by atoms with van der Waals surface area (Å²) >= 11 is 0. The second-order valence-corrected chi connectivity index (χ2v) is 9.49. The van der Waals surface area contributed by atoms with E-state index in [-0.39, 0.29) is 71.4 Å². The fourth-order valence-corrected chi connectivity index (χ4v) is 4.03. The van der Waals surface area contributed by atoms with Crippen molar-refractivity contribution in [2.45, 2.75) is 89.5 Å². The van der Waals surface area contributed by atoms with E-state index >= 15 is 0 Å². The molecule has 2 amide bonds. The molecule has 0 aromatic carbocycles. The van der Waals surface area contributed by atoms with Crippen LogP contribution in [0, 0.1) is 5.41 Å². The second kappa shape index (κ2) is 14.4. The normalized spacial score (nSPS) is 19.6. The van der Waals surface area contributed by atoms with Crippen LogP contribution in [0.3, 0.4) is 0 Å². The Morgan fingerprint density at radius 1 is 0.946 bits per heavy atom. The van der Waals surface area contributed by atoms with Crippen molar-refractivity contribution in [3.63, 3.8) is 0 Å². The van der Waals surface area contributed by atoms with E-state index in [4.69, 9.17) is 14.2 Å². The lowest BCUT2D eigenvalue weighted by Gasteiger charge is -2.35. The monoisotopic (exact) mass is 558 g/mol. The van der Waals surface area contributed by atoms with Crippen molar-refractivity contribution in [1.82, 2.24) is 10.6 Å². The number of alkyl halides is 8. The van der Waals surface area contributed by atoms with E-state index in [1.54, 1.807) is 19.2 Å². The van der Waals surface area contributed by atoms with Crippen LogP contribution < -0.4 is 10.6 Å². The Morgan fingerprint density at radius 2 is 1.51 bits per heavy atom. The minimum atomic E-state index is -5.08. The van der Waals surface area contributed by atoms with Gasteiger partial charge in [0.15, 0.2) is 5.79 Å². The highest BCUT2D eigenvalue weighted by Crippen LogP contribution is 2.38. The maximum atomic E-state index is 12.8. The topological polar surface area (TPSA) is 85.9 Å². The number of halogens is 8. The summed E-state index contributed by atoms with van der Waals surface area (Å²) in [6.45, 7) is 2.99. The molecule has 7 nitrogen and oxygen atoms in total. The molecule has 0 spiro atoms. The zero-order valence-corrected chi connectivity index (χ0v) is 20.7. The van der Waals surface area contributed by atoms with Crippen LogP contribution in [0.1, 0.15) is 58.8 Å². The number of nitrogens with one attached hydrogen (secondary N) is 2.